The van der Waals surface area contributed by atoms with Gasteiger partial charge in [0, 0.05) is 37.4 Å². The Morgan fingerprint density at radius 3 is 2.58 bits per heavy atom. The molecule has 2 aromatic heterocycles. The molecule has 0 saturated carbocycles. The third-order valence-electron chi connectivity index (χ3n) is 5.67. The summed E-state index contributed by atoms with van der Waals surface area (Å²) in [5.41, 5.74) is 3.26. The summed E-state index contributed by atoms with van der Waals surface area (Å²) in [5.74, 6) is -0.987. The average Bonchev–Trinajstić information content (AvgIpc) is 3.03. The number of pyridine rings is 1. The summed E-state index contributed by atoms with van der Waals surface area (Å²) in [6.07, 6.45) is 1.09. The summed E-state index contributed by atoms with van der Waals surface area (Å²) in [6, 6.07) is 5.89. The Labute approximate surface area is 184 Å². The lowest BCUT2D eigenvalue weighted by atomic mass is 9.95. The molecule has 0 spiro atoms. The van der Waals surface area contributed by atoms with Crippen LogP contribution in [0.5, 0.6) is 0 Å². The van der Waals surface area contributed by atoms with Crippen LogP contribution in [-0.2, 0) is 11.8 Å². The Morgan fingerprint density at radius 2 is 1.90 bits per heavy atom. The number of fused-ring (bicyclic) bond motifs is 1. The molecule has 1 N–H and O–H groups in total. The van der Waals surface area contributed by atoms with E-state index in [0.29, 0.717) is 42.8 Å². The number of amides is 2. The maximum absolute atomic E-state index is 13.3. The lowest BCUT2D eigenvalue weighted by Crippen LogP contribution is -2.41. The van der Waals surface area contributed by atoms with E-state index in [2.05, 4.69) is 15.4 Å². The second kappa shape index (κ2) is 8.26. The zero-order chi connectivity index (χ0) is 22.3. The Hall–Kier alpha value is -3.00. The number of aryl methyl sites for hydroxylation is 3. The van der Waals surface area contributed by atoms with Crippen LogP contribution in [-0.4, -0.2) is 44.6 Å². The standard InChI is InChI=1S/C22H23ClFN5O2/c1-12-10-16(19-13(2)27-28(3)20(19)25-12)22(31)29-8-6-14(7-9-29)21(30)26-15-4-5-18(24)17(23)11-15/h4-5,10-11,14H,6-9H2,1-3H3,(H,26,30). The minimum atomic E-state index is -0.532. The quantitative estimate of drug-likeness (QED) is 0.666. The molecule has 3 heterocycles. The van der Waals surface area contributed by atoms with Gasteiger partial charge in [-0.1, -0.05) is 11.6 Å². The molecule has 0 atom stereocenters. The second-order valence-corrected chi connectivity index (χ2v) is 8.31. The molecule has 7 nitrogen and oxygen atoms in total. The van der Waals surface area contributed by atoms with Crippen molar-refractivity contribution in [1.82, 2.24) is 19.7 Å². The molecule has 1 aromatic carbocycles. The van der Waals surface area contributed by atoms with Gasteiger partial charge in [0.05, 0.1) is 21.7 Å². The predicted molar refractivity (Wildman–Crippen MR) is 117 cm³/mol. The van der Waals surface area contributed by atoms with Gasteiger partial charge in [-0.3, -0.25) is 14.3 Å². The van der Waals surface area contributed by atoms with Gasteiger partial charge in [0.2, 0.25) is 5.91 Å². The number of carbonyl (C=O) groups is 2. The van der Waals surface area contributed by atoms with Crippen molar-refractivity contribution in [2.45, 2.75) is 26.7 Å². The third kappa shape index (κ3) is 4.12. The topological polar surface area (TPSA) is 80.1 Å². The summed E-state index contributed by atoms with van der Waals surface area (Å²) in [6.45, 7) is 4.68. The van der Waals surface area contributed by atoms with Crippen molar-refractivity contribution in [1.29, 1.82) is 0 Å². The van der Waals surface area contributed by atoms with Crippen LogP contribution in [0, 0.1) is 25.6 Å². The van der Waals surface area contributed by atoms with Gasteiger partial charge in [0.1, 0.15) is 5.82 Å². The highest BCUT2D eigenvalue weighted by molar-refractivity contribution is 6.31. The number of anilines is 1. The molecule has 0 radical (unpaired) electrons. The van der Waals surface area contributed by atoms with E-state index in [1.807, 2.05) is 20.9 Å². The number of nitrogens with one attached hydrogen (secondary N) is 1. The summed E-state index contributed by atoms with van der Waals surface area (Å²) in [7, 11) is 1.81. The van der Waals surface area contributed by atoms with Gasteiger partial charge in [0.15, 0.2) is 5.65 Å². The predicted octanol–water partition coefficient (Wildman–Crippen LogP) is 3.87. The van der Waals surface area contributed by atoms with E-state index in [4.69, 9.17) is 11.6 Å². The molecule has 0 aliphatic carbocycles. The van der Waals surface area contributed by atoms with Gasteiger partial charge < -0.3 is 10.2 Å². The van der Waals surface area contributed by atoms with Crippen LogP contribution in [0.25, 0.3) is 11.0 Å². The van der Waals surface area contributed by atoms with Crippen molar-refractivity contribution in [3.63, 3.8) is 0 Å². The normalized spacial score (nSPS) is 14.8. The molecule has 4 rings (SSSR count). The Morgan fingerprint density at radius 1 is 1.19 bits per heavy atom. The number of nitrogens with zero attached hydrogens (tertiary/aromatic N) is 4. The van der Waals surface area contributed by atoms with E-state index >= 15 is 0 Å². The lowest BCUT2D eigenvalue weighted by molar-refractivity contribution is -0.121. The van der Waals surface area contributed by atoms with Gasteiger partial charge >= 0.3 is 0 Å². The first kappa shape index (κ1) is 21.2. The molecule has 2 amide bonds. The van der Waals surface area contributed by atoms with Gasteiger partial charge in [0.25, 0.3) is 5.91 Å². The Bertz CT molecular complexity index is 1180. The Balaban J connectivity index is 1.45. The molecule has 0 unspecified atom stereocenters. The van der Waals surface area contributed by atoms with Crippen LogP contribution in [0.1, 0.15) is 34.6 Å². The van der Waals surface area contributed by atoms with Crippen molar-refractivity contribution in [3.05, 3.63) is 52.1 Å². The fraction of sp³-hybridized carbons (Fsp3) is 0.364. The number of likely N-dealkylation sites (tertiary alicyclic amines) is 1. The number of carbonyl (C=O) groups excluding carboxylic acids is 2. The number of aromatic nitrogens is 3. The molecule has 1 fully saturated rings. The van der Waals surface area contributed by atoms with Crippen molar-refractivity contribution >= 4 is 40.1 Å². The van der Waals surface area contributed by atoms with Crippen LogP contribution in [0.4, 0.5) is 10.1 Å². The zero-order valence-electron chi connectivity index (χ0n) is 17.6. The third-order valence-corrected chi connectivity index (χ3v) is 5.96. The first-order chi connectivity index (χ1) is 14.7. The largest absolute Gasteiger partial charge is 0.339 e. The highest BCUT2D eigenvalue weighted by Gasteiger charge is 2.29. The summed E-state index contributed by atoms with van der Waals surface area (Å²) < 4.78 is 15.0. The van der Waals surface area contributed by atoms with Gasteiger partial charge in [-0.05, 0) is 51.0 Å². The molecule has 0 bridgehead atoms. The molecule has 9 heteroatoms. The van der Waals surface area contributed by atoms with Crippen molar-refractivity contribution in [2.24, 2.45) is 13.0 Å². The molecule has 31 heavy (non-hydrogen) atoms. The fourth-order valence-corrected chi connectivity index (χ4v) is 4.25. The van der Waals surface area contributed by atoms with Crippen LogP contribution >= 0.6 is 11.6 Å². The number of hydrogen-bond acceptors (Lipinski definition) is 4. The molecule has 1 aliphatic rings. The molecule has 162 valence electrons. The summed E-state index contributed by atoms with van der Waals surface area (Å²) in [5, 5.41) is 7.92. The van der Waals surface area contributed by atoms with E-state index in [1.54, 1.807) is 15.6 Å². The van der Waals surface area contributed by atoms with E-state index in [0.717, 1.165) is 16.8 Å². The summed E-state index contributed by atoms with van der Waals surface area (Å²) in [4.78, 5) is 32.2. The monoisotopic (exact) mass is 443 g/mol. The number of piperidine rings is 1. The molecule has 1 saturated heterocycles. The van der Waals surface area contributed by atoms with Crippen LogP contribution in [0.3, 0.4) is 0 Å². The SMILES string of the molecule is Cc1cc(C(=O)N2CCC(C(=O)Nc3ccc(F)c(Cl)c3)CC2)c2c(C)nn(C)c2n1. The first-order valence-corrected chi connectivity index (χ1v) is 10.5. The van der Waals surface area contributed by atoms with Crippen LogP contribution in [0.2, 0.25) is 5.02 Å². The van der Waals surface area contributed by atoms with E-state index in [9.17, 15) is 14.0 Å². The minimum Gasteiger partial charge on any atom is -0.339 e. The highest BCUT2D eigenvalue weighted by Crippen LogP contribution is 2.26. The summed E-state index contributed by atoms with van der Waals surface area (Å²) >= 11 is 5.78. The number of halogens is 2. The number of rotatable bonds is 3. The van der Waals surface area contributed by atoms with E-state index in [-0.39, 0.29) is 22.8 Å². The van der Waals surface area contributed by atoms with E-state index < -0.39 is 5.82 Å². The smallest absolute Gasteiger partial charge is 0.254 e. The van der Waals surface area contributed by atoms with Gasteiger partial charge in [-0.25, -0.2) is 9.37 Å². The second-order valence-electron chi connectivity index (χ2n) is 7.90. The molecule has 3 aromatic rings. The van der Waals surface area contributed by atoms with Crippen molar-refractivity contribution in [2.75, 3.05) is 18.4 Å². The molecular weight excluding hydrogens is 421 g/mol. The van der Waals surface area contributed by atoms with Crippen molar-refractivity contribution in [3.8, 4) is 0 Å². The average molecular weight is 444 g/mol. The van der Waals surface area contributed by atoms with E-state index in [1.165, 1.54) is 18.2 Å². The zero-order valence-corrected chi connectivity index (χ0v) is 18.3. The van der Waals surface area contributed by atoms with Gasteiger partial charge in [-0.2, -0.15) is 5.10 Å². The maximum atomic E-state index is 13.3. The van der Waals surface area contributed by atoms with Crippen LogP contribution < -0.4 is 5.32 Å². The number of hydrogen-bond donors (Lipinski definition) is 1. The van der Waals surface area contributed by atoms with Crippen LogP contribution in [0.15, 0.2) is 24.3 Å². The van der Waals surface area contributed by atoms with Crippen molar-refractivity contribution < 1.29 is 14.0 Å². The van der Waals surface area contributed by atoms with Gasteiger partial charge in [-0.15, -0.1) is 0 Å². The maximum Gasteiger partial charge on any atom is 0.254 e. The minimum absolute atomic E-state index is 0.0390. The first-order valence-electron chi connectivity index (χ1n) is 10.1. The molecular formula is C22H23ClFN5O2. The number of benzene rings is 1. The Kier molecular flexibility index (Phi) is 5.66. The fourth-order valence-electron chi connectivity index (χ4n) is 4.07. The lowest BCUT2D eigenvalue weighted by Gasteiger charge is -2.31. The molecule has 1 aliphatic heterocycles. The highest BCUT2D eigenvalue weighted by atomic mass is 35.5.